The molecule has 0 saturated heterocycles. The molecule has 0 radical (unpaired) electrons. The van der Waals surface area contributed by atoms with Crippen LogP contribution in [0.15, 0.2) is 36.4 Å². The van der Waals surface area contributed by atoms with Gasteiger partial charge in [-0.15, -0.1) is 0 Å². The van der Waals surface area contributed by atoms with E-state index in [-0.39, 0.29) is 30.2 Å². The van der Waals surface area contributed by atoms with E-state index in [1.165, 1.54) is 18.2 Å². The van der Waals surface area contributed by atoms with Gasteiger partial charge in [0.15, 0.2) is 18.1 Å². The van der Waals surface area contributed by atoms with Gasteiger partial charge in [0.1, 0.15) is 5.75 Å². The first-order valence-corrected chi connectivity index (χ1v) is 7.49. The molecule has 3 rings (SSSR count). The Morgan fingerprint density at radius 1 is 0.962 bits per heavy atom. The van der Waals surface area contributed by atoms with Crippen LogP contribution in [0.2, 0.25) is 0 Å². The molecule has 134 valence electrons. The van der Waals surface area contributed by atoms with Crippen molar-refractivity contribution in [3.05, 3.63) is 47.5 Å². The number of carbonyl (C=O) groups excluding carboxylic acids is 3. The molecular weight excluding hydrogens is 342 g/mol. The van der Waals surface area contributed by atoms with E-state index in [9.17, 15) is 14.4 Å². The predicted molar refractivity (Wildman–Crippen MR) is 90.2 cm³/mol. The Morgan fingerprint density at radius 3 is 2.27 bits per heavy atom. The Bertz CT molecular complexity index is 864. The van der Waals surface area contributed by atoms with E-state index in [4.69, 9.17) is 25.7 Å². The monoisotopic (exact) mass is 357 g/mol. The molecule has 2 aromatic carbocycles. The summed E-state index contributed by atoms with van der Waals surface area (Å²) >= 11 is 0. The third-order valence-corrected chi connectivity index (χ3v) is 3.50. The van der Waals surface area contributed by atoms with E-state index in [1.807, 2.05) is 0 Å². The number of carbonyl (C=O) groups is 3. The highest BCUT2D eigenvalue weighted by Crippen LogP contribution is 2.35. The Labute approximate surface area is 147 Å². The lowest BCUT2D eigenvalue weighted by Crippen LogP contribution is -2.22. The maximum absolute atomic E-state index is 12.1. The van der Waals surface area contributed by atoms with Crippen molar-refractivity contribution in [3.63, 3.8) is 0 Å². The molecule has 1 aliphatic heterocycles. The van der Waals surface area contributed by atoms with Gasteiger partial charge in [0.2, 0.25) is 18.6 Å². The van der Waals surface area contributed by atoms with Gasteiger partial charge in [0.25, 0.3) is 5.91 Å². The van der Waals surface area contributed by atoms with Crippen molar-refractivity contribution in [2.24, 2.45) is 11.5 Å². The highest BCUT2D eigenvalue weighted by molar-refractivity contribution is 6.01. The quantitative estimate of drug-likeness (QED) is 0.692. The van der Waals surface area contributed by atoms with E-state index >= 15 is 0 Å². The Kier molecular flexibility index (Phi) is 4.61. The number of ether oxygens (including phenoxy) is 3. The predicted octanol–water partition coefficient (Wildman–Crippen LogP) is 0.631. The molecule has 0 spiro atoms. The molecular formula is C17H15N3O6. The molecule has 2 aromatic rings. The molecule has 26 heavy (non-hydrogen) atoms. The minimum absolute atomic E-state index is 0.0493. The van der Waals surface area contributed by atoms with E-state index in [1.54, 1.807) is 18.2 Å². The summed E-state index contributed by atoms with van der Waals surface area (Å²) in [5.74, 6) is -0.444. The summed E-state index contributed by atoms with van der Waals surface area (Å²) in [5.41, 5.74) is 10.7. The van der Waals surface area contributed by atoms with Crippen LogP contribution in [0.3, 0.4) is 0 Å². The van der Waals surface area contributed by atoms with Crippen molar-refractivity contribution in [3.8, 4) is 17.2 Å². The third kappa shape index (κ3) is 3.83. The zero-order chi connectivity index (χ0) is 18.7. The van der Waals surface area contributed by atoms with Crippen molar-refractivity contribution >= 4 is 23.4 Å². The van der Waals surface area contributed by atoms with Crippen molar-refractivity contribution in [1.29, 1.82) is 0 Å². The Balaban J connectivity index is 1.66. The highest BCUT2D eigenvalue weighted by atomic mass is 16.7. The molecule has 9 nitrogen and oxygen atoms in total. The van der Waals surface area contributed by atoms with Gasteiger partial charge in [0.05, 0.1) is 0 Å². The van der Waals surface area contributed by atoms with E-state index in [0.717, 1.165) is 0 Å². The summed E-state index contributed by atoms with van der Waals surface area (Å²) in [6.45, 7) is -0.163. The first-order chi connectivity index (χ1) is 12.4. The maximum atomic E-state index is 12.1. The minimum Gasteiger partial charge on any atom is -0.484 e. The summed E-state index contributed by atoms with van der Waals surface area (Å²) in [6, 6.07) is 8.85. The zero-order valence-electron chi connectivity index (χ0n) is 13.5. The van der Waals surface area contributed by atoms with E-state index in [2.05, 4.69) is 5.32 Å². The van der Waals surface area contributed by atoms with Gasteiger partial charge in [-0.2, -0.15) is 0 Å². The number of amides is 3. The SMILES string of the molecule is NC(=O)c1cc(NC(=O)COc2ccc3c(c2)OCO3)cc(C(N)=O)c1. The molecule has 0 bridgehead atoms. The molecule has 1 heterocycles. The van der Waals surface area contributed by atoms with Crippen molar-refractivity contribution in [2.75, 3.05) is 18.7 Å². The second kappa shape index (κ2) is 7.01. The van der Waals surface area contributed by atoms with Crippen molar-refractivity contribution in [2.45, 2.75) is 0 Å². The van der Waals surface area contributed by atoms with Crippen LogP contribution in [0.5, 0.6) is 17.2 Å². The first-order valence-electron chi connectivity index (χ1n) is 7.49. The fraction of sp³-hybridized carbons (Fsp3) is 0.118. The van der Waals surface area contributed by atoms with Crippen LogP contribution < -0.4 is 31.0 Å². The summed E-state index contributed by atoms with van der Waals surface area (Å²) in [5, 5.41) is 2.52. The lowest BCUT2D eigenvalue weighted by molar-refractivity contribution is -0.118. The van der Waals surface area contributed by atoms with Gasteiger partial charge in [0, 0.05) is 22.9 Å². The van der Waals surface area contributed by atoms with Crippen LogP contribution in [-0.4, -0.2) is 31.1 Å². The van der Waals surface area contributed by atoms with Crippen LogP contribution >= 0.6 is 0 Å². The number of fused-ring (bicyclic) bond motifs is 1. The highest BCUT2D eigenvalue weighted by Gasteiger charge is 2.15. The topological polar surface area (TPSA) is 143 Å². The second-order valence-corrected chi connectivity index (χ2v) is 5.38. The molecule has 0 atom stereocenters. The van der Waals surface area contributed by atoms with Crippen molar-refractivity contribution < 1.29 is 28.6 Å². The molecule has 0 aromatic heterocycles. The van der Waals surface area contributed by atoms with Crippen LogP contribution in [0.1, 0.15) is 20.7 Å². The fourth-order valence-electron chi connectivity index (χ4n) is 2.30. The third-order valence-electron chi connectivity index (χ3n) is 3.50. The molecule has 9 heteroatoms. The summed E-state index contributed by atoms with van der Waals surface area (Å²) < 4.78 is 15.8. The van der Waals surface area contributed by atoms with Crippen LogP contribution in [0.4, 0.5) is 5.69 Å². The number of hydrogen-bond acceptors (Lipinski definition) is 6. The number of benzene rings is 2. The molecule has 3 amide bonds. The molecule has 0 fully saturated rings. The van der Waals surface area contributed by atoms with Crippen LogP contribution in [-0.2, 0) is 4.79 Å². The van der Waals surface area contributed by atoms with Gasteiger partial charge in [-0.3, -0.25) is 14.4 Å². The normalized spacial score (nSPS) is 11.7. The summed E-state index contributed by atoms with van der Waals surface area (Å²) in [7, 11) is 0. The first kappa shape index (κ1) is 17.1. The zero-order valence-corrected chi connectivity index (χ0v) is 13.5. The maximum Gasteiger partial charge on any atom is 0.262 e. The van der Waals surface area contributed by atoms with Gasteiger partial charge in [-0.25, -0.2) is 0 Å². The largest absolute Gasteiger partial charge is 0.484 e. The molecule has 0 unspecified atom stereocenters. The second-order valence-electron chi connectivity index (χ2n) is 5.38. The average molecular weight is 357 g/mol. The van der Waals surface area contributed by atoms with E-state index in [0.29, 0.717) is 17.2 Å². The number of hydrogen-bond donors (Lipinski definition) is 3. The number of primary amides is 2. The molecule has 1 aliphatic rings. The van der Waals surface area contributed by atoms with Crippen LogP contribution in [0, 0.1) is 0 Å². The minimum atomic E-state index is -0.750. The standard InChI is InChI=1S/C17H15N3O6/c18-16(22)9-3-10(17(19)23)5-11(4-9)20-15(21)7-24-12-1-2-13-14(6-12)26-8-25-13/h1-6H,7-8H2,(H2,18,22)(H2,19,23)(H,20,21). The number of rotatable bonds is 6. The van der Waals surface area contributed by atoms with Crippen LogP contribution in [0.25, 0.3) is 0 Å². The lowest BCUT2D eigenvalue weighted by Gasteiger charge is -2.10. The molecule has 5 N–H and O–H groups in total. The molecule has 0 aliphatic carbocycles. The van der Waals surface area contributed by atoms with E-state index < -0.39 is 17.7 Å². The number of nitrogens with two attached hydrogens (primary N) is 2. The number of nitrogens with one attached hydrogen (secondary N) is 1. The Morgan fingerprint density at radius 2 is 1.62 bits per heavy atom. The number of anilines is 1. The Hall–Kier alpha value is -3.75. The lowest BCUT2D eigenvalue weighted by atomic mass is 10.1. The summed E-state index contributed by atoms with van der Waals surface area (Å²) in [6.07, 6.45) is 0. The summed E-state index contributed by atoms with van der Waals surface area (Å²) in [4.78, 5) is 34.7. The van der Waals surface area contributed by atoms with Gasteiger partial charge in [-0.05, 0) is 30.3 Å². The van der Waals surface area contributed by atoms with Gasteiger partial charge >= 0.3 is 0 Å². The molecule has 0 saturated carbocycles. The smallest absolute Gasteiger partial charge is 0.262 e. The van der Waals surface area contributed by atoms with Crippen molar-refractivity contribution in [1.82, 2.24) is 0 Å². The average Bonchev–Trinajstić information content (AvgIpc) is 3.07. The van der Waals surface area contributed by atoms with Gasteiger partial charge < -0.3 is 31.0 Å². The van der Waals surface area contributed by atoms with Gasteiger partial charge in [-0.1, -0.05) is 0 Å². The fourth-order valence-corrected chi connectivity index (χ4v) is 2.30.